The van der Waals surface area contributed by atoms with Gasteiger partial charge in [0.05, 0.1) is 0 Å². The van der Waals surface area contributed by atoms with Crippen LogP contribution in [0.15, 0.2) is 18.2 Å². The number of unbranched alkanes of at least 4 members (excludes halogenated alkanes) is 1. The summed E-state index contributed by atoms with van der Waals surface area (Å²) in [6.07, 6.45) is 3.67. The first kappa shape index (κ1) is 18.6. The standard InChI is InChI=1S/C10H12Cl2.CH3NO.CH4O/c1-2-3-4-8-5-6-9(11)7-10(8)12;2-1-3;1-2/h5-7H,2-4H2,1H3;1H,(H2,2,3);2H,1H3. The zero-order valence-electron chi connectivity index (χ0n) is 10.1. The van der Waals surface area contributed by atoms with Crippen LogP contribution in [0.2, 0.25) is 10.0 Å². The summed E-state index contributed by atoms with van der Waals surface area (Å²) in [6.45, 7) is 2.17. The van der Waals surface area contributed by atoms with Crippen molar-refractivity contribution in [2.24, 2.45) is 5.73 Å². The molecule has 0 fully saturated rings. The number of aliphatic hydroxyl groups is 1. The molecule has 0 heterocycles. The lowest BCUT2D eigenvalue weighted by Crippen LogP contribution is -1.85. The topological polar surface area (TPSA) is 63.3 Å². The predicted molar refractivity (Wildman–Crippen MR) is 73.5 cm³/mol. The average Bonchev–Trinajstić information content (AvgIpc) is 2.32. The normalized spacial score (nSPS) is 8.29. The molecule has 0 radical (unpaired) electrons. The number of nitrogens with two attached hydrogens (primary N) is 1. The van der Waals surface area contributed by atoms with E-state index < -0.39 is 0 Å². The minimum atomic E-state index is 0.250. The Bertz CT molecular complexity index is 307. The molecule has 1 amide bonds. The summed E-state index contributed by atoms with van der Waals surface area (Å²) >= 11 is 11.7. The summed E-state index contributed by atoms with van der Waals surface area (Å²) in [4.78, 5) is 8.58. The highest BCUT2D eigenvalue weighted by atomic mass is 35.5. The van der Waals surface area contributed by atoms with Gasteiger partial charge in [0.25, 0.3) is 0 Å². The number of carbonyl (C=O) groups excluding carboxylic acids is 1. The first-order valence-corrected chi connectivity index (χ1v) is 5.95. The molecular weight excluding hydrogens is 261 g/mol. The molecule has 3 nitrogen and oxygen atoms in total. The highest BCUT2D eigenvalue weighted by Crippen LogP contribution is 2.22. The molecule has 1 rings (SSSR count). The average molecular weight is 280 g/mol. The van der Waals surface area contributed by atoms with E-state index in [1.54, 1.807) is 6.07 Å². The molecule has 0 atom stereocenters. The summed E-state index contributed by atoms with van der Waals surface area (Å²) in [5.41, 5.74) is 5.36. The number of benzene rings is 1. The van der Waals surface area contributed by atoms with Crippen LogP contribution >= 0.6 is 23.2 Å². The van der Waals surface area contributed by atoms with E-state index >= 15 is 0 Å². The van der Waals surface area contributed by atoms with Crippen molar-refractivity contribution in [3.8, 4) is 0 Å². The van der Waals surface area contributed by atoms with Crippen LogP contribution < -0.4 is 5.73 Å². The number of aryl methyl sites for hydroxylation is 1. The Hall–Kier alpha value is -0.770. The Morgan fingerprint density at radius 3 is 2.29 bits per heavy atom. The van der Waals surface area contributed by atoms with E-state index in [-0.39, 0.29) is 6.41 Å². The van der Waals surface area contributed by atoms with Crippen molar-refractivity contribution in [3.63, 3.8) is 0 Å². The van der Waals surface area contributed by atoms with Crippen LogP contribution in [-0.2, 0) is 11.2 Å². The smallest absolute Gasteiger partial charge is 0.204 e. The molecule has 0 aliphatic carbocycles. The van der Waals surface area contributed by atoms with E-state index in [1.807, 2.05) is 12.1 Å². The van der Waals surface area contributed by atoms with Crippen LogP contribution in [0.25, 0.3) is 0 Å². The molecule has 0 saturated carbocycles. The van der Waals surface area contributed by atoms with E-state index in [9.17, 15) is 0 Å². The Morgan fingerprint density at radius 2 is 1.88 bits per heavy atom. The van der Waals surface area contributed by atoms with Gasteiger partial charge < -0.3 is 10.8 Å². The van der Waals surface area contributed by atoms with Crippen LogP contribution in [0.4, 0.5) is 0 Å². The van der Waals surface area contributed by atoms with Gasteiger partial charge in [-0.05, 0) is 30.5 Å². The van der Waals surface area contributed by atoms with E-state index in [0.29, 0.717) is 5.02 Å². The van der Waals surface area contributed by atoms with E-state index in [2.05, 4.69) is 12.7 Å². The zero-order chi connectivity index (χ0) is 13.7. The first-order valence-electron chi connectivity index (χ1n) is 5.19. The molecule has 0 unspecified atom stereocenters. The third kappa shape index (κ3) is 10.1. The van der Waals surface area contributed by atoms with Crippen molar-refractivity contribution in [2.75, 3.05) is 7.11 Å². The van der Waals surface area contributed by atoms with E-state index in [4.69, 9.17) is 33.1 Å². The van der Waals surface area contributed by atoms with Gasteiger partial charge in [0.2, 0.25) is 6.41 Å². The molecular formula is C12H19Cl2NO2. The van der Waals surface area contributed by atoms with E-state index in [0.717, 1.165) is 18.6 Å². The van der Waals surface area contributed by atoms with Gasteiger partial charge in [-0.3, -0.25) is 4.79 Å². The number of primary amides is 1. The van der Waals surface area contributed by atoms with Crippen molar-refractivity contribution in [3.05, 3.63) is 33.8 Å². The maximum absolute atomic E-state index is 8.58. The summed E-state index contributed by atoms with van der Waals surface area (Å²) in [6, 6.07) is 5.69. The maximum Gasteiger partial charge on any atom is 0.204 e. The molecule has 0 bridgehead atoms. The molecule has 1 aromatic rings. The summed E-state index contributed by atoms with van der Waals surface area (Å²) in [5.74, 6) is 0. The van der Waals surface area contributed by atoms with Gasteiger partial charge in [-0.15, -0.1) is 0 Å². The Balaban J connectivity index is 0. The highest BCUT2D eigenvalue weighted by Gasteiger charge is 1.99. The second kappa shape index (κ2) is 13.3. The summed E-state index contributed by atoms with van der Waals surface area (Å²) < 4.78 is 0. The molecule has 5 heteroatoms. The second-order valence-corrected chi connectivity index (χ2v) is 3.82. The first-order chi connectivity index (χ1) is 8.15. The number of carbonyl (C=O) groups is 1. The van der Waals surface area contributed by atoms with Crippen molar-refractivity contribution in [2.45, 2.75) is 26.2 Å². The van der Waals surface area contributed by atoms with Crippen LogP contribution in [0.1, 0.15) is 25.3 Å². The lowest BCUT2D eigenvalue weighted by molar-refractivity contribution is -0.106. The van der Waals surface area contributed by atoms with Crippen molar-refractivity contribution in [1.29, 1.82) is 0 Å². The molecule has 0 aliphatic heterocycles. The Kier molecular flexibility index (Phi) is 14.5. The van der Waals surface area contributed by atoms with Crippen molar-refractivity contribution < 1.29 is 9.90 Å². The fraction of sp³-hybridized carbons (Fsp3) is 0.417. The number of amides is 1. The maximum atomic E-state index is 8.58. The van der Waals surface area contributed by atoms with Crippen LogP contribution in [-0.4, -0.2) is 18.6 Å². The predicted octanol–water partition coefficient (Wildman–Crippen LogP) is 3.05. The van der Waals surface area contributed by atoms with Crippen LogP contribution in [0.3, 0.4) is 0 Å². The van der Waals surface area contributed by atoms with Crippen LogP contribution in [0.5, 0.6) is 0 Å². The third-order valence-corrected chi connectivity index (χ3v) is 2.40. The fourth-order valence-electron chi connectivity index (χ4n) is 1.09. The van der Waals surface area contributed by atoms with Crippen LogP contribution in [0, 0.1) is 0 Å². The third-order valence-electron chi connectivity index (χ3n) is 1.81. The number of aliphatic hydroxyl groups excluding tert-OH is 1. The zero-order valence-corrected chi connectivity index (χ0v) is 11.6. The van der Waals surface area contributed by atoms with Crippen molar-refractivity contribution >= 4 is 29.6 Å². The monoisotopic (exact) mass is 279 g/mol. The largest absolute Gasteiger partial charge is 0.400 e. The van der Waals surface area contributed by atoms with Gasteiger partial charge in [0, 0.05) is 17.2 Å². The Morgan fingerprint density at radius 1 is 1.35 bits per heavy atom. The fourth-order valence-corrected chi connectivity index (χ4v) is 1.59. The highest BCUT2D eigenvalue weighted by molar-refractivity contribution is 6.35. The number of rotatable bonds is 3. The summed E-state index contributed by atoms with van der Waals surface area (Å²) in [7, 11) is 1.00. The van der Waals surface area contributed by atoms with Gasteiger partial charge in [-0.2, -0.15) is 0 Å². The molecule has 0 spiro atoms. The SMILES string of the molecule is CCCCc1ccc(Cl)cc1Cl.CO.NC=O. The van der Waals surface area contributed by atoms with Gasteiger partial charge in [0.1, 0.15) is 0 Å². The van der Waals surface area contributed by atoms with Gasteiger partial charge in [-0.1, -0.05) is 42.6 Å². The van der Waals surface area contributed by atoms with Crippen molar-refractivity contribution in [1.82, 2.24) is 0 Å². The lowest BCUT2D eigenvalue weighted by atomic mass is 10.1. The molecule has 3 N–H and O–H groups in total. The quantitative estimate of drug-likeness (QED) is 0.836. The van der Waals surface area contributed by atoms with Gasteiger partial charge >= 0.3 is 0 Å². The lowest BCUT2D eigenvalue weighted by Gasteiger charge is -2.02. The molecule has 98 valence electrons. The minimum absolute atomic E-state index is 0.250. The number of halogens is 2. The Labute approximate surface area is 113 Å². The number of hydrogen-bond acceptors (Lipinski definition) is 2. The minimum Gasteiger partial charge on any atom is -0.400 e. The summed E-state index contributed by atoms with van der Waals surface area (Å²) in [5, 5.41) is 8.50. The molecule has 0 aromatic heterocycles. The molecule has 0 saturated heterocycles. The van der Waals surface area contributed by atoms with E-state index in [1.165, 1.54) is 18.4 Å². The second-order valence-electron chi connectivity index (χ2n) is 2.98. The molecule has 17 heavy (non-hydrogen) atoms. The van der Waals surface area contributed by atoms with Gasteiger partial charge in [0.15, 0.2) is 0 Å². The number of hydrogen-bond donors (Lipinski definition) is 2. The molecule has 1 aromatic carbocycles. The van der Waals surface area contributed by atoms with Gasteiger partial charge in [-0.25, -0.2) is 0 Å². The molecule has 0 aliphatic rings.